The number of ketones is 1. The quantitative estimate of drug-likeness (QED) is 0.648. The van der Waals surface area contributed by atoms with Gasteiger partial charge >= 0.3 is 0 Å². The molecule has 3 aromatic rings. The van der Waals surface area contributed by atoms with E-state index in [0.29, 0.717) is 16.8 Å². The predicted octanol–water partition coefficient (Wildman–Crippen LogP) is 3.88. The number of amides is 1. The Labute approximate surface area is 171 Å². The van der Waals surface area contributed by atoms with Crippen LogP contribution in [0.15, 0.2) is 67.0 Å². The Morgan fingerprint density at radius 2 is 1.83 bits per heavy atom. The second-order valence-corrected chi connectivity index (χ2v) is 7.21. The number of Topliss-reactive ketones (excluding diaryl/α,β-unsaturated/α-hetero) is 1. The summed E-state index contributed by atoms with van der Waals surface area (Å²) in [4.78, 5) is 31.0. The molecule has 1 aliphatic heterocycles. The van der Waals surface area contributed by atoms with E-state index in [1.165, 1.54) is 47.6 Å². The van der Waals surface area contributed by atoms with Gasteiger partial charge in [-0.3, -0.25) is 14.6 Å². The van der Waals surface area contributed by atoms with Crippen molar-refractivity contribution in [2.24, 2.45) is 0 Å². The zero-order valence-corrected chi connectivity index (χ0v) is 15.9. The van der Waals surface area contributed by atoms with Crippen molar-refractivity contribution >= 4 is 29.0 Å². The molecule has 0 spiro atoms. The first kappa shape index (κ1) is 19.2. The van der Waals surface area contributed by atoms with Gasteiger partial charge in [0.05, 0.1) is 18.7 Å². The molecule has 29 heavy (non-hydrogen) atoms. The van der Waals surface area contributed by atoms with Gasteiger partial charge in [-0.05, 0) is 30.3 Å². The number of carbonyl (C=O) groups excluding carboxylic acids is 2. The third-order valence-corrected chi connectivity index (χ3v) is 5.39. The fraction of sp³-hybridized carbons (Fsp3) is 0.136. The van der Waals surface area contributed by atoms with E-state index in [4.69, 9.17) is 11.6 Å². The maximum Gasteiger partial charge on any atom is 0.264 e. The van der Waals surface area contributed by atoms with E-state index in [1.54, 1.807) is 24.3 Å². The van der Waals surface area contributed by atoms with E-state index >= 15 is 0 Å². The van der Waals surface area contributed by atoms with Crippen LogP contribution in [0.4, 0.5) is 10.1 Å². The van der Waals surface area contributed by atoms with Crippen LogP contribution in [0.25, 0.3) is 0 Å². The molecule has 2 aromatic carbocycles. The highest BCUT2D eigenvalue weighted by atomic mass is 35.5. The summed E-state index contributed by atoms with van der Waals surface area (Å²) >= 11 is 6.12. The first-order valence-electron chi connectivity index (χ1n) is 8.92. The molecule has 7 heteroatoms. The normalized spacial score (nSPS) is 18.0. The number of hydrogen-bond donors (Lipinski definition) is 1. The van der Waals surface area contributed by atoms with Gasteiger partial charge in [0, 0.05) is 34.1 Å². The number of carbonyl (C=O) groups is 2. The van der Waals surface area contributed by atoms with Crippen LogP contribution in [0.3, 0.4) is 0 Å². The fourth-order valence-corrected chi connectivity index (χ4v) is 3.77. The number of aromatic nitrogens is 1. The Morgan fingerprint density at radius 1 is 1.10 bits per heavy atom. The summed E-state index contributed by atoms with van der Waals surface area (Å²) in [6, 6.07) is 13.9. The summed E-state index contributed by atoms with van der Waals surface area (Å²) < 4.78 is 14.3. The Hall–Kier alpha value is -3.09. The van der Waals surface area contributed by atoms with Crippen molar-refractivity contribution in [1.29, 1.82) is 0 Å². The van der Waals surface area contributed by atoms with E-state index in [-0.39, 0.29) is 17.1 Å². The number of para-hydroxylation sites is 1. The summed E-state index contributed by atoms with van der Waals surface area (Å²) in [7, 11) is 0. The summed E-state index contributed by atoms with van der Waals surface area (Å²) in [5, 5.41) is 11.5. The standard InChI is InChI=1S/C22H16ClFN2O3/c23-17-5-3-6-18(24)15(17)13-26-19-7-2-1-4-16(19)22(29,21(26)28)12-20(27)14-8-10-25-11-9-14/h1-11,29H,12-13H2/t22-/m0/s1. The average molecular weight is 411 g/mol. The molecular formula is C22H16ClFN2O3. The molecule has 0 saturated carbocycles. The molecule has 0 saturated heterocycles. The van der Waals surface area contributed by atoms with Gasteiger partial charge in [0.25, 0.3) is 5.91 Å². The number of pyridine rings is 1. The summed E-state index contributed by atoms with van der Waals surface area (Å²) in [5.74, 6) is -1.64. The van der Waals surface area contributed by atoms with Gasteiger partial charge in [-0.1, -0.05) is 35.9 Å². The summed E-state index contributed by atoms with van der Waals surface area (Å²) in [5.41, 5.74) is -0.840. The van der Waals surface area contributed by atoms with E-state index < -0.39 is 29.5 Å². The third kappa shape index (κ3) is 3.30. The number of anilines is 1. The van der Waals surface area contributed by atoms with Gasteiger partial charge < -0.3 is 10.0 Å². The molecular weight excluding hydrogens is 395 g/mol. The highest BCUT2D eigenvalue weighted by Crippen LogP contribution is 2.44. The number of nitrogens with zero attached hydrogens (tertiary/aromatic N) is 2. The maximum absolute atomic E-state index is 14.3. The SMILES string of the molecule is O=C(C[C@@]1(O)C(=O)N(Cc2c(F)cccc2Cl)c2ccccc21)c1ccncc1. The average Bonchev–Trinajstić information content (AvgIpc) is 2.93. The Bertz CT molecular complexity index is 1090. The lowest BCUT2D eigenvalue weighted by Crippen LogP contribution is -2.41. The topological polar surface area (TPSA) is 70.5 Å². The molecule has 1 amide bonds. The van der Waals surface area contributed by atoms with Gasteiger partial charge in [-0.15, -0.1) is 0 Å². The zero-order valence-electron chi connectivity index (χ0n) is 15.2. The van der Waals surface area contributed by atoms with Gasteiger partial charge in [0.1, 0.15) is 5.82 Å². The number of rotatable bonds is 5. The van der Waals surface area contributed by atoms with Gasteiger partial charge in [0.2, 0.25) is 0 Å². The van der Waals surface area contributed by atoms with Crippen molar-refractivity contribution in [3.8, 4) is 0 Å². The molecule has 0 bridgehead atoms. The zero-order chi connectivity index (χ0) is 20.6. The van der Waals surface area contributed by atoms with Crippen LogP contribution in [0.2, 0.25) is 5.02 Å². The molecule has 1 aliphatic rings. The smallest absolute Gasteiger partial charge is 0.264 e. The van der Waals surface area contributed by atoms with Crippen LogP contribution in [0.5, 0.6) is 0 Å². The van der Waals surface area contributed by atoms with Crippen LogP contribution in [0, 0.1) is 5.82 Å². The minimum absolute atomic E-state index is 0.141. The molecule has 1 N–H and O–H groups in total. The Kier molecular flexibility index (Phi) is 4.90. The molecule has 1 aromatic heterocycles. The number of hydrogen-bond acceptors (Lipinski definition) is 4. The van der Waals surface area contributed by atoms with Gasteiger partial charge in [-0.2, -0.15) is 0 Å². The van der Waals surface area contributed by atoms with Crippen LogP contribution in [0.1, 0.15) is 27.9 Å². The number of fused-ring (bicyclic) bond motifs is 1. The molecule has 5 nitrogen and oxygen atoms in total. The number of halogens is 2. The minimum atomic E-state index is -2.05. The maximum atomic E-state index is 14.3. The van der Waals surface area contributed by atoms with Crippen molar-refractivity contribution in [2.75, 3.05) is 4.90 Å². The van der Waals surface area contributed by atoms with E-state index in [2.05, 4.69) is 4.98 Å². The van der Waals surface area contributed by atoms with E-state index in [0.717, 1.165) is 0 Å². The summed E-state index contributed by atoms with van der Waals surface area (Å²) in [6.07, 6.45) is 2.50. The van der Waals surface area contributed by atoms with Crippen LogP contribution in [-0.4, -0.2) is 21.8 Å². The highest BCUT2D eigenvalue weighted by Gasteiger charge is 2.51. The van der Waals surface area contributed by atoms with Crippen molar-refractivity contribution in [3.63, 3.8) is 0 Å². The lowest BCUT2D eigenvalue weighted by Gasteiger charge is -2.23. The predicted molar refractivity (Wildman–Crippen MR) is 106 cm³/mol. The molecule has 146 valence electrons. The second-order valence-electron chi connectivity index (χ2n) is 6.80. The first-order valence-corrected chi connectivity index (χ1v) is 9.29. The van der Waals surface area contributed by atoms with Crippen molar-refractivity contribution < 1.29 is 19.1 Å². The molecule has 1 atom stereocenters. The highest BCUT2D eigenvalue weighted by molar-refractivity contribution is 6.31. The first-order chi connectivity index (χ1) is 13.9. The molecule has 0 aliphatic carbocycles. The number of aliphatic hydroxyl groups is 1. The van der Waals surface area contributed by atoms with Crippen LogP contribution in [-0.2, 0) is 16.9 Å². The van der Waals surface area contributed by atoms with E-state index in [9.17, 15) is 19.1 Å². The molecule has 4 rings (SSSR count). The Morgan fingerprint density at radius 3 is 2.55 bits per heavy atom. The van der Waals surface area contributed by atoms with Crippen molar-refractivity contribution in [1.82, 2.24) is 4.98 Å². The minimum Gasteiger partial charge on any atom is -0.375 e. The largest absolute Gasteiger partial charge is 0.375 e. The van der Waals surface area contributed by atoms with Gasteiger partial charge in [0.15, 0.2) is 11.4 Å². The summed E-state index contributed by atoms with van der Waals surface area (Å²) in [6.45, 7) is -0.160. The lowest BCUT2D eigenvalue weighted by molar-refractivity contribution is -0.136. The molecule has 0 fully saturated rings. The van der Waals surface area contributed by atoms with Gasteiger partial charge in [-0.25, -0.2) is 4.39 Å². The van der Waals surface area contributed by atoms with E-state index in [1.807, 2.05) is 0 Å². The second kappa shape index (κ2) is 7.39. The molecule has 2 heterocycles. The fourth-order valence-electron chi connectivity index (χ4n) is 3.55. The monoisotopic (exact) mass is 410 g/mol. The molecule has 0 radical (unpaired) electrons. The number of benzene rings is 2. The third-order valence-electron chi connectivity index (χ3n) is 5.04. The lowest BCUT2D eigenvalue weighted by atomic mass is 9.88. The Balaban J connectivity index is 1.72. The van der Waals surface area contributed by atoms with Crippen molar-refractivity contribution in [3.05, 3.63) is 94.5 Å². The van der Waals surface area contributed by atoms with Crippen LogP contribution >= 0.6 is 11.6 Å². The van der Waals surface area contributed by atoms with Crippen LogP contribution < -0.4 is 4.90 Å². The van der Waals surface area contributed by atoms with Crippen molar-refractivity contribution in [2.45, 2.75) is 18.6 Å². The molecule has 0 unspecified atom stereocenters.